The molecule has 0 amide bonds. The van der Waals surface area contributed by atoms with E-state index in [1.165, 1.54) is 12.8 Å². The van der Waals surface area contributed by atoms with Crippen molar-refractivity contribution in [3.8, 4) is 0 Å². The highest BCUT2D eigenvalue weighted by atomic mass is 16.5. The Morgan fingerprint density at radius 3 is 2.44 bits per heavy atom. The minimum atomic E-state index is 0.345. The molecule has 108 valence electrons. The van der Waals surface area contributed by atoms with Crippen LogP contribution in [-0.2, 0) is 9.47 Å². The summed E-state index contributed by atoms with van der Waals surface area (Å²) in [5.41, 5.74) is 0. The Labute approximate surface area is 113 Å². The topological polar surface area (TPSA) is 30.5 Å². The van der Waals surface area contributed by atoms with Crippen LogP contribution in [0.1, 0.15) is 53.4 Å². The van der Waals surface area contributed by atoms with E-state index in [9.17, 15) is 0 Å². The summed E-state index contributed by atoms with van der Waals surface area (Å²) in [7, 11) is 0. The predicted molar refractivity (Wildman–Crippen MR) is 75.9 cm³/mol. The molecule has 0 radical (unpaired) electrons. The van der Waals surface area contributed by atoms with Crippen molar-refractivity contribution in [3.63, 3.8) is 0 Å². The molecule has 0 aliphatic carbocycles. The molecule has 2 unspecified atom stereocenters. The van der Waals surface area contributed by atoms with Gasteiger partial charge in [-0.05, 0) is 52.0 Å². The van der Waals surface area contributed by atoms with Gasteiger partial charge in [-0.3, -0.25) is 0 Å². The third-order valence-corrected chi connectivity index (χ3v) is 3.42. The molecule has 1 saturated heterocycles. The molecule has 3 nitrogen and oxygen atoms in total. The van der Waals surface area contributed by atoms with Crippen molar-refractivity contribution in [3.05, 3.63) is 0 Å². The molecule has 0 aromatic carbocycles. The van der Waals surface area contributed by atoms with Gasteiger partial charge in [0.25, 0.3) is 0 Å². The third kappa shape index (κ3) is 7.34. The van der Waals surface area contributed by atoms with Gasteiger partial charge < -0.3 is 14.8 Å². The third-order valence-electron chi connectivity index (χ3n) is 3.42. The van der Waals surface area contributed by atoms with E-state index in [-0.39, 0.29) is 0 Å². The molecule has 0 saturated carbocycles. The highest BCUT2D eigenvalue weighted by molar-refractivity contribution is 4.73. The van der Waals surface area contributed by atoms with Gasteiger partial charge in [0.15, 0.2) is 0 Å². The minimum absolute atomic E-state index is 0.345. The van der Waals surface area contributed by atoms with Crippen molar-refractivity contribution in [2.75, 3.05) is 19.7 Å². The second-order valence-corrected chi connectivity index (χ2v) is 6.01. The summed E-state index contributed by atoms with van der Waals surface area (Å²) < 4.78 is 11.6. The lowest BCUT2D eigenvalue weighted by Crippen LogP contribution is -2.35. The zero-order valence-electron chi connectivity index (χ0n) is 12.6. The van der Waals surface area contributed by atoms with Gasteiger partial charge in [0.05, 0.1) is 24.9 Å². The monoisotopic (exact) mass is 257 g/mol. The average molecular weight is 257 g/mol. The highest BCUT2D eigenvalue weighted by Gasteiger charge is 2.24. The molecule has 0 aromatic heterocycles. The first-order valence-electron chi connectivity index (χ1n) is 7.55. The van der Waals surface area contributed by atoms with Crippen LogP contribution in [0.15, 0.2) is 0 Å². The van der Waals surface area contributed by atoms with Crippen LogP contribution >= 0.6 is 0 Å². The largest absolute Gasteiger partial charge is 0.377 e. The molecule has 18 heavy (non-hydrogen) atoms. The molecule has 0 aromatic rings. The summed E-state index contributed by atoms with van der Waals surface area (Å²) in [5.74, 6) is 0.813. The van der Waals surface area contributed by atoms with Gasteiger partial charge in [-0.25, -0.2) is 0 Å². The Bertz CT molecular complexity index is 199. The Morgan fingerprint density at radius 1 is 1.17 bits per heavy atom. The standard InChI is InChI=1S/C15H31NO2/c1-12(2)6-5-7-16-8-9-17-15-10-13(3)18-14(4)11-15/h12-16H,5-11H2,1-4H3. The van der Waals surface area contributed by atoms with Crippen LogP contribution in [0.25, 0.3) is 0 Å². The van der Waals surface area contributed by atoms with Crippen LogP contribution in [0.5, 0.6) is 0 Å². The van der Waals surface area contributed by atoms with Crippen LogP contribution in [0.3, 0.4) is 0 Å². The molecule has 1 aliphatic rings. The van der Waals surface area contributed by atoms with Gasteiger partial charge in [-0.15, -0.1) is 0 Å². The van der Waals surface area contributed by atoms with Gasteiger partial charge in [-0.1, -0.05) is 13.8 Å². The van der Waals surface area contributed by atoms with Gasteiger partial charge in [0.2, 0.25) is 0 Å². The smallest absolute Gasteiger partial charge is 0.0625 e. The molecule has 1 rings (SSSR count). The summed E-state index contributed by atoms with van der Waals surface area (Å²) in [6.07, 6.45) is 5.73. The maximum atomic E-state index is 5.91. The molecule has 2 atom stereocenters. The van der Waals surface area contributed by atoms with E-state index in [0.29, 0.717) is 18.3 Å². The van der Waals surface area contributed by atoms with E-state index in [1.54, 1.807) is 0 Å². The molecule has 1 aliphatic heterocycles. The number of hydrogen-bond donors (Lipinski definition) is 1. The Hall–Kier alpha value is -0.120. The van der Waals surface area contributed by atoms with Gasteiger partial charge >= 0.3 is 0 Å². The highest BCUT2D eigenvalue weighted by Crippen LogP contribution is 2.21. The van der Waals surface area contributed by atoms with E-state index in [2.05, 4.69) is 33.0 Å². The average Bonchev–Trinajstić information content (AvgIpc) is 2.26. The molecule has 3 heteroatoms. The molecule has 1 N–H and O–H groups in total. The van der Waals surface area contributed by atoms with Crippen molar-refractivity contribution >= 4 is 0 Å². The van der Waals surface area contributed by atoms with Crippen molar-refractivity contribution in [1.29, 1.82) is 0 Å². The molecule has 1 heterocycles. The number of nitrogens with one attached hydrogen (secondary N) is 1. The van der Waals surface area contributed by atoms with Crippen molar-refractivity contribution < 1.29 is 9.47 Å². The zero-order chi connectivity index (χ0) is 13.4. The van der Waals surface area contributed by atoms with Gasteiger partial charge in [0.1, 0.15) is 0 Å². The van der Waals surface area contributed by atoms with Crippen LogP contribution in [0.4, 0.5) is 0 Å². The fourth-order valence-corrected chi connectivity index (χ4v) is 2.54. The van der Waals surface area contributed by atoms with Crippen molar-refractivity contribution in [2.24, 2.45) is 5.92 Å². The van der Waals surface area contributed by atoms with E-state index in [4.69, 9.17) is 9.47 Å². The second-order valence-electron chi connectivity index (χ2n) is 6.01. The zero-order valence-corrected chi connectivity index (χ0v) is 12.6. The first-order chi connectivity index (χ1) is 8.58. The molecule has 0 spiro atoms. The van der Waals surface area contributed by atoms with Crippen LogP contribution in [0, 0.1) is 5.92 Å². The van der Waals surface area contributed by atoms with Crippen LogP contribution < -0.4 is 5.32 Å². The van der Waals surface area contributed by atoms with Gasteiger partial charge in [-0.2, -0.15) is 0 Å². The van der Waals surface area contributed by atoms with Crippen molar-refractivity contribution in [2.45, 2.75) is 71.7 Å². The fraction of sp³-hybridized carbons (Fsp3) is 1.00. The maximum absolute atomic E-state index is 5.91. The maximum Gasteiger partial charge on any atom is 0.0625 e. The lowest BCUT2D eigenvalue weighted by molar-refractivity contribution is -0.101. The summed E-state index contributed by atoms with van der Waals surface area (Å²) in [6.45, 7) is 11.7. The SMILES string of the molecule is CC(C)CCCNCCOC1CC(C)OC(C)C1. The molecule has 1 fully saturated rings. The number of rotatable bonds is 8. The summed E-state index contributed by atoms with van der Waals surface area (Å²) in [5, 5.41) is 3.45. The quantitative estimate of drug-likeness (QED) is 0.678. The summed E-state index contributed by atoms with van der Waals surface area (Å²) in [6, 6.07) is 0. The van der Waals surface area contributed by atoms with Gasteiger partial charge in [0, 0.05) is 6.54 Å². The summed E-state index contributed by atoms with van der Waals surface area (Å²) in [4.78, 5) is 0. The van der Waals surface area contributed by atoms with E-state index in [1.807, 2.05) is 0 Å². The lowest BCUT2D eigenvalue weighted by atomic mass is 10.0. The molecular weight excluding hydrogens is 226 g/mol. The first-order valence-corrected chi connectivity index (χ1v) is 7.55. The lowest BCUT2D eigenvalue weighted by Gasteiger charge is -2.32. The normalized spacial score (nSPS) is 28.8. The van der Waals surface area contributed by atoms with Crippen LogP contribution in [0.2, 0.25) is 0 Å². The van der Waals surface area contributed by atoms with E-state index in [0.717, 1.165) is 38.5 Å². The minimum Gasteiger partial charge on any atom is -0.377 e. The second kappa shape index (κ2) is 8.89. The van der Waals surface area contributed by atoms with Crippen LogP contribution in [-0.4, -0.2) is 38.0 Å². The Balaban J connectivity index is 1.94. The summed E-state index contributed by atoms with van der Waals surface area (Å²) >= 11 is 0. The van der Waals surface area contributed by atoms with E-state index >= 15 is 0 Å². The first kappa shape index (κ1) is 15.9. The number of ether oxygens (including phenoxy) is 2. The predicted octanol–water partition coefficient (Wildman–Crippen LogP) is 2.98. The Kier molecular flexibility index (Phi) is 7.87. The molecular formula is C15H31NO2. The van der Waals surface area contributed by atoms with E-state index < -0.39 is 0 Å². The fourth-order valence-electron chi connectivity index (χ4n) is 2.54. The number of hydrogen-bond acceptors (Lipinski definition) is 3. The Morgan fingerprint density at radius 2 is 1.83 bits per heavy atom. The molecule has 0 bridgehead atoms. The van der Waals surface area contributed by atoms with Crippen molar-refractivity contribution in [1.82, 2.24) is 5.32 Å².